The van der Waals surface area contributed by atoms with Gasteiger partial charge >= 0.3 is 0 Å². The second kappa shape index (κ2) is 6.67. The molecule has 106 valence electrons. The smallest absolute Gasteiger partial charge is 0.277 e. The number of carbonyl (C=O) groups excluding carboxylic acids is 1. The summed E-state index contributed by atoms with van der Waals surface area (Å²) in [6.45, 7) is 1.44. The fourth-order valence-electron chi connectivity index (χ4n) is 1.96. The third-order valence-corrected chi connectivity index (χ3v) is 3.38. The lowest BCUT2D eigenvalue weighted by atomic mass is 10.3. The van der Waals surface area contributed by atoms with Gasteiger partial charge in [-0.15, -0.1) is 0 Å². The SMILES string of the molecule is NC(=S)/C(=N/Nc1cccc(Cl)c1)C(=O)N1CCCC1. The molecular weight excluding hydrogens is 296 g/mol. The molecule has 0 saturated carbocycles. The van der Waals surface area contributed by atoms with Crippen LogP contribution in [-0.4, -0.2) is 34.6 Å². The lowest BCUT2D eigenvalue weighted by molar-refractivity contribution is -0.122. The molecule has 0 aromatic heterocycles. The van der Waals surface area contributed by atoms with Crippen molar-refractivity contribution in [3.63, 3.8) is 0 Å². The number of halogens is 1. The third-order valence-electron chi connectivity index (χ3n) is 2.95. The largest absolute Gasteiger partial charge is 0.388 e. The van der Waals surface area contributed by atoms with Crippen LogP contribution in [0.1, 0.15) is 12.8 Å². The molecule has 2 rings (SSSR count). The van der Waals surface area contributed by atoms with E-state index in [1.165, 1.54) is 0 Å². The Morgan fingerprint density at radius 2 is 2.10 bits per heavy atom. The number of benzene rings is 1. The lowest BCUT2D eigenvalue weighted by Crippen LogP contribution is -2.40. The molecule has 3 N–H and O–H groups in total. The molecule has 1 aliphatic rings. The van der Waals surface area contributed by atoms with Crippen LogP contribution < -0.4 is 11.2 Å². The predicted octanol–water partition coefficient (Wildman–Crippen LogP) is 2.02. The van der Waals surface area contributed by atoms with E-state index in [-0.39, 0.29) is 16.6 Å². The number of nitrogens with two attached hydrogens (primary N) is 1. The molecule has 20 heavy (non-hydrogen) atoms. The predicted molar refractivity (Wildman–Crippen MR) is 85.1 cm³/mol. The van der Waals surface area contributed by atoms with Crippen molar-refractivity contribution in [2.75, 3.05) is 18.5 Å². The number of thiocarbonyl (C=S) groups is 1. The molecule has 0 spiro atoms. The Morgan fingerprint density at radius 3 is 2.70 bits per heavy atom. The van der Waals surface area contributed by atoms with Gasteiger partial charge in [0, 0.05) is 18.1 Å². The first-order chi connectivity index (χ1) is 9.58. The van der Waals surface area contributed by atoms with E-state index in [0.717, 1.165) is 25.9 Å². The fraction of sp³-hybridized carbons (Fsp3) is 0.308. The van der Waals surface area contributed by atoms with Gasteiger partial charge in [-0.25, -0.2) is 0 Å². The number of hydrazone groups is 1. The van der Waals surface area contributed by atoms with Crippen LogP contribution in [0.5, 0.6) is 0 Å². The zero-order valence-electron chi connectivity index (χ0n) is 10.8. The molecule has 1 aromatic carbocycles. The molecule has 0 atom stereocenters. The van der Waals surface area contributed by atoms with Crippen molar-refractivity contribution in [2.45, 2.75) is 12.8 Å². The summed E-state index contributed by atoms with van der Waals surface area (Å²) in [6, 6.07) is 7.01. The number of rotatable bonds is 4. The molecule has 1 aliphatic heterocycles. The normalized spacial score (nSPS) is 15.2. The van der Waals surface area contributed by atoms with Crippen LogP contribution in [-0.2, 0) is 4.79 Å². The molecule has 1 aromatic rings. The van der Waals surface area contributed by atoms with Crippen LogP contribution in [0.4, 0.5) is 5.69 Å². The van der Waals surface area contributed by atoms with Crippen LogP contribution in [0.15, 0.2) is 29.4 Å². The van der Waals surface area contributed by atoms with Gasteiger partial charge in [0.2, 0.25) is 0 Å². The first-order valence-electron chi connectivity index (χ1n) is 6.26. The van der Waals surface area contributed by atoms with Gasteiger partial charge in [0.1, 0.15) is 4.99 Å². The van der Waals surface area contributed by atoms with Gasteiger partial charge in [-0.1, -0.05) is 29.9 Å². The number of nitrogens with zero attached hydrogens (tertiary/aromatic N) is 2. The first kappa shape index (κ1) is 14.7. The summed E-state index contributed by atoms with van der Waals surface area (Å²) in [6.07, 6.45) is 2.00. The average molecular weight is 311 g/mol. The van der Waals surface area contributed by atoms with Crippen LogP contribution in [0, 0.1) is 0 Å². The molecule has 1 heterocycles. The molecule has 5 nitrogen and oxygen atoms in total. The minimum absolute atomic E-state index is 0.0172. The molecular formula is C13H15ClN4OS. The highest BCUT2D eigenvalue weighted by Crippen LogP contribution is 2.15. The average Bonchev–Trinajstić information content (AvgIpc) is 2.92. The van der Waals surface area contributed by atoms with E-state index in [1.54, 1.807) is 29.2 Å². The number of hydrogen-bond donors (Lipinski definition) is 2. The van der Waals surface area contributed by atoms with Crippen LogP contribution >= 0.6 is 23.8 Å². The Bertz CT molecular complexity index is 555. The second-order valence-corrected chi connectivity index (χ2v) is 5.32. The summed E-state index contributed by atoms with van der Waals surface area (Å²) in [5.74, 6) is -0.232. The van der Waals surface area contributed by atoms with Gasteiger partial charge in [0.05, 0.1) is 5.69 Å². The standard InChI is InChI=1S/C13H15ClN4OS/c14-9-4-3-5-10(8-9)16-17-11(12(15)20)13(19)18-6-1-2-7-18/h3-5,8,16H,1-2,6-7H2,(H2,15,20)/b17-11-. The van der Waals surface area contributed by atoms with Gasteiger partial charge in [0.15, 0.2) is 5.71 Å². The lowest BCUT2D eigenvalue weighted by Gasteiger charge is -2.16. The quantitative estimate of drug-likeness (QED) is 0.507. The maximum Gasteiger partial charge on any atom is 0.277 e. The van der Waals surface area contributed by atoms with E-state index in [4.69, 9.17) is 29.6 Å². The van der Waals surface area contributed by atoms with E-state index in [0.29, 0.717) is 10.7 Å². The van der Waals surface area contributed by atoms with Crippen LogP contribution in [0.3, 0.4) is 0 Å². The molecule has 1 fully saturated rings. The van der Waals surface area contributed by atoms with Crippen molar-refractivity contribution in [2.24, 2.45) is 10.8 Å². The van der Waals surface area contributed by atoms with E-state index < -0.39 is 0 Å². The first-order valence-corrected chi connectivity index (χ1v) is 7.05. The van der Waals surface area contributed by atoms with Gasteiger partial charge in [-0.05, 0) is 31.0 Å². The van der Waals surface area contributed by atoms with Gasteiger partial charge in [-0.3, -0.25) is 10.2 Å². The number of hydrogen-bond acceptors (Lipinski definition) is 4. The van der Waals surface area contributed by atoms with Crippen molar-refractivity contribution in [3.05, 3.63) is 29.3 Å². The van der Waals surface area contributed by atoms with Gasteiger partial charge in [0.25, 0.3) is 5.91 Å². The summed E-state index contributed by atoms with van der Waals surface area (Å²) in [5.41, 5.74) is 9.08. The Kier molecular flexibility index (Phi) is 4.92. The fourth-order valence-corrected chi connectivity index (χ4v) is 2.28. The highest BCUT2D eigenvalue weighted by Gasteiger charge is 2.24. The van der Waals surface area contributed by atoms with E-state index in [9.17, 15) is 4.79 Å². The highest BCUT2D eigenvalue weighted by atomic mass is 35.5. The van der Waals surface area contributed by atoms with Gasteiger partial charge < -0.3 is 10.6 Å². The minimum Gasteiger partial charge on any atom is -0.388 e. The summed E-state index contributed by atoms with van der Waals surface area (Å²) in [5, 5.41) is 4.61. The summed E-state index contributed by atoms with van der Waals surface area (Å²) >= 11 is 10.8. The Labute approximate surface area is 127 Å². The maximum absolute atomic E-state index is 12.2. The number of carbonyl (C=O) groups is 1. The van der Waals surface area contributed by atoms with Crippen molar-refractivity contribution in [1.29, 1.82) is 0 Å². The van der Waals surface area contributed by atoms with Crippen molar-refractivity contribution >= 4 is 46.1 Å². The Balaban J connectivity index is 2.13. The van der Waals surface area contributed by atoms with Crippen molar-refractivity contribution < 1.29 is 4.79 Å². The molecule has 7 heteroatoms. The van der Waals surface area contributed by atoms with E-state index in [2.05, 4.69) is 10.5 Å². The van der Waals surface area contributed by atoms with E-state index >= 15 is 0 Å². The monoisotopic (exact) mass is 310 g/mol. The maximum atomic E-state index is 12.2. The highest BCUT2D eigenvalue weighted by molar-refractivity contribution is 7.82. The summed E-state index contributed by atoms with van der Waals surface area (Å²) in [4.78, 5) is 13.9. The zero-order chi connectivity index (χ0) is 14.5. The molecule has 1 saturated heterocycles. The zero-order valence-corrected chi connectivity index (χ0v) is 12.4. The second-order valence-electron chi connectivity index (χ2n) is 4.45. The summed E-state index contributed by atoms with van der Waals surface area (Å²) in [7, 11) is 0. The van der Waals surface area contributed by atoms with Crippen LogP contribution in [0.2, 0.25) is 5.02 Å². The van der Waals surface area contributed by atoms with Crippen molar-refractivity contribution in [1.82, 2.24) is 4.90 Å². The Hall–Kier alpha value is -1.66. The molecule has 0 radical (unpaired) electrons. The third kappa shape index (κ3) is 3.68. The Morgan fingerprint density at radius 1 is 1.40 bits per heavy atom. The van der Waals surface area contributed by atoms with Gasteiger partial charge in [-0.2, -0.15) is 5.10 Å². The molecule has 0 bridgehead atoms. The van der Waals surface area contributed by atoms with Crippen molar-refractivity contribution in [3.8, 4) is 0 Å². The summed E-state index contributed by atoms with van der Waals surface area (Å²) < 4.78 is 0. The van der Waals surface area contributed by atoms with E-state index in [1.807, 2.05) is 0 Å². The number of nitrogens with one attached hydrogen (secondary N) is 1. The molecule has 0 aliphatic carbocycles. The molecule has 1 amide bonds. The molecule has 0 unspecified atom stereocenters. The number of amides is 1. The number of anilines is 1. The minimum atomic E-state index is -0.232. The topological polar surface area (TPSA) is 70.7 Å². The van der Waals surface area contributed by atoms with Crippen LogP contribution in [0.25, 0.3) is 0 Å². The number of likely N-dealkylation sites (tertiary alicyclic amines) is 1.